The van der Waals surface area contributed by atoms with Crippen LogP contribution in [0.1, 0.15) is 21.7 Å². The molecule has 2 rings (SSSR count). The third kappa shape index (κ3) is 3.81. The molecular formula is C14H12N2O4. The Balaban J connectivity index is 2.02. The molecule has 20 heavy (non-hydrogen) atoms. The van der Waals surface area contributed by atoms with Gasteiger partial charge in [-0.25, -0.2) is 4.79 Å². The van der Waals surface area contributed by atoms with Gasteiger partial charge in [-0.15, -0.1) is 0 Å². The second kappa shape index (κ2) is 6.33. The smallest absolute Gasteiger partial charge is 0.328 e. The lowest BCUT2D eigenvalue weighted by Crippen LogP contribution is -2.22. The number of amides is 1. The van der Waals surface area contributed by atoms with Gasteiger partial charge in [0.1, 0.15) is 5.76 Å². The van der Waals surface area contributed by atoms with Crippen LogP contribution in [0, 0.1) is 0 Å². The van der Waals surface area contributed by atoms with Crippen LogP contribution < -0.4 is 5.32 Å². The van der Waals surface area contributed by atoms with E-state index in [2.05, 4.69) is 10.3 Å². The first kappa shape index (κ1) is 13.5. The molecule has 0 aromatic carbocycles. The monoisotopic (exact) mass is 272 g/mol. The lowest BCUT2D eigenvalue weighted by Gasteiger charge is -2.03. The summed E-state index contributed by atoms with van der Waals surface area (Å²) in [5.41, 5.74) is 0.891. The maximum Gasteiger partial charge on any atom is 0.328 e. The van der Waals surface area contributed by atoms with Gasteiger partial charge in [-0.3, -0.25) is 9.78 Å². The summed E-state index contributed by atoms with van der Waals surface area (Å²) in [4.78, 5) is 26.2. The van der Waals surface area contributed by atoms with E-state index in [1.807, 2.05) is 0 Å². The van der Waals surface area contributed by atoms with Gasteiger partial charge >= 0.3 is 5.97 Å². The summed E-state index contributed by atoms with van der Waals surface area (Å²) < 4.78 is 5.10. The van der Waals surface area contributed by atoms with Crippen molar-refractivity contribution in [1.82, 2.24) is 10.3 Å². The average Bonchev–Trinajstić information content (AvgIpc) is 2.96. The Morgan fingerprint density at radius 2 is 2.25 bits per heavy atom. The second-order valence-electron chi connectivity index (χ2n) is 3.94. The number of carboxylic acid groups (broad SMARTS) is 1. The van der Waals surface area contributed by atoms with Gasteiger partial charge in [0.15, 0.2) is 0 Å². The fourth-order valence-electron chi connectivity index (χ4n) is 1.52. The van der Waals surface area contributed by atoms with Crippen molar-refractivity contribution >= 4 is 18.0 Å². The molecule has 2 aromatic rings. The molecule has 6 nitrogen and oxygen atoms in total. The number of hydrogen-bond donors (Lipinski definition) is 2. The van der Waals surface area contributed by atoms with Crippen LogP contribution in [-0.2, 0) is 11.3 Å². The Labute approximate surface area is 114 Å². The summed E-state index contributed by atoms with van der Waals surface area (Å²) in [5.74, 6) is -0.717. The highest BCUT2D eigenvalue weighted by Gasteiger charge is 2.07. The number of carboxylic acids is 1. The first-order valence-electron chi connectivity index (χ1n) is 5.82. The number of aliphatic carboxylic acids is 1. The number of furan rings is 1. The summed E-state index contributed by atoms with van der Waals surface area (Å²) in [6.45, 7) is 0.279. The minimum absolute atomic E-state index is 0.279. The van der Waals surface area contributed by atoms with Crippen molar-refractivity contribution in [3.8, 4) is 0 Å². The quantitative estimate of drug-likeness (QED) is 0.808. The molecule has 2 aromatic heterocycles. The molecule has 0 saturated carbocycles. The van der Waals surface area contributed by atoms with Crippen molar-refractivity contribution in [1.29, 1.82) is 0 Å². The molecule has 102 valence electrons. The first-order chi connectivity index (χ1) is 9.65. The third-order valence-corrected chi connectivity index (χ3v) is 2.44. The molecule has 0 atom stereocenters. The van der Waals surface area contributed by atoms with E-state index in [1.54, 1.807) is 18.2 Å². The minimum atomic E-state index is -1.06. The molecule has 0 aliphatic rings. The van der Waals surface area contributed by atoms with Crippen LogP contribution in [0.3, 0.4) is 0 Å². The van der Waals surface area contributed by atoms with E-state index in [1.165, 1.54) is 24.7 Å². The number of carbonyl (C=O) groups excluding carboxylic acids is 1. The molecule has 0 radical (unpaired) electrons. The molecule has 1 amide bonds. The summed E-state index contributed by atoms with van der Waals surface area (Å²) in [5, 5.41) is 11.2. The van der Waals surface area contributed by atoms with Gasteiger partial charge in [0.05, 0.1) is 18.4 Å². The van der Waals surface area contributed by atoms with Crippen LogP contribution in [0.4, 0.5) is 0 Å². The van der Waals surface area contributed by atoms with Crippen LogP contribution in [0.25, 0.3) is 6.08 Å². The van der Waals surface area contributed by atoms with E-state index in [0.717, 1.165) is 6.08 Å². The lowest BCUT2D eigenvalue weighted by molar-refractivity contribution is -0.131. The van der Waals surface area contributed by atoms with E-state index in [-0.39, 0.29) is 12.5 Å². The molecular weight excluding hydrogens is 260 g/mol. The van der Waals surface area contributed by atoms with E-state index < -0.39 is 5.97 Å². The molecule has 0 bridgehead atoms. The van der Waals surface area contributed by atoms with Crippen molar-refractivity contribution in [2.24, 2.45) is 0 Å². The highest BCUT2D eigenvalue weighted by Crippen LogP contribution is 2.06. The fourth-order valence-corrected chi connectivity index (χ4v) is 1.52. The summed E-state index contributed by atoms with van der Waals surface area (Å²) in [6.07, 6.45) is 6.78. The molecule has 0 spiro atoms. The summed E-state index contributed by atoms with van der Waals surface area (Å²) >= 11 is 0. The highest BCUT2D eigenvalue weighted by atomic mass is 16.4. The van der Waals surface area contributed by atoms with E-state index in [0.29, 0.717) is 16.9 Å². The van der Waals surface area contributed by atoms with E-state index >= 15 is 0 Å². The van der Waals surface area contributed by atoms with Crippen molar-refractivity contribution in [2.75, 3.05) is 0 Å². The lowest BCUT2D eigenvalue weighted by atomic mass is 10.2. The van der Waals surface area contributed by atoms with E-state index in [4.69, 9.17) is 9.52 Å². The Morgan fingerprint density at radius 1 is 1.40 bits per heavy atom. The van der Waals surface area contributed by atoms with Gasteiger partial charge in [0, 0.05) is 18.5 Å². The Morgan fingerprint density at radius 3 is 2.95 bits per heavy atom. The predicted octanol–water partition coefficient (Wildman–Crippen LogP) is 1.70. The third-order valence-electron chi connectivity index (χ3n) is 2.44. The molecule has 6 heteroatoms. The molecule has 0 unspecified atom stereocenters. The molecule has 0 aliphatic heterocycles. The summed E-state index contributed by atoms with van der Waals surface area (Å²) in [7, 11) is 0. The Kier molecular flexibility index (Phi) is 4.28. The van der Waals surface area contributed by atoms with Crippen molar-refractivity contribution in [3.63, 3.8) is 0 Å². The molecule has 0 aliphatic carbocycles. The predicted molar refractivity (Wildman–Crippen MR) is 70.8 cm³/mol. The number of nitrogens with zero attached hydrogens (tertiary/aromatic N) is 1. The van der Waals surface area contributed by atoms with Gasteiger partial charge in [-0.2, -0.15) is 0 Å². The van der Waals surface area contributed by atoms with Crippen molar-refractivity contribution < 1.29 is 19.1 Å². The number of nitrogens with one attached hydrogen (secondary N) is 1. The number of carbonyl (C=O) groups is 2. The van der Waals surface area contributed by atoms with Crippen molar-refractivity contribution in [2.45, 2.75) is 6.54 Å². The zero-order valence-corrected chi connectivity index (χ0v) is 10.4. The van der Waals surface area contributed by atoms with Gasteiger partial charge in [0.25, 0.3) is 5.91 Å². The first-order valence-corrected chi connectivity index (χ1v) is 5.82. The van der Waals surface area contributed by atoms with Gasteiger partial charge in [0.2, 0.25) is 0 Å². The number of aromatic nitrogens is 1. The minimum Gasteiger partial charge on any atom is -0.478 e. The zero-order chi connectivity index (χ0) is 14.4. The molecule has 2 heterocycles. The van der Waals surface area contributed by atoms with E-state index in [9.17, 15) is 9.59 Å². The largest absolute Gasteiger partial charge is 0.478 e. The van der Waals surface area contributed by atoms with Gasteiger partial charge in [-0.1, -0.05) is 0 Å². The van der Waals surface area contributed by atoms with Crippen LogP contribution in [0.5, 0.6) is 0 Å². The van der Waals surface area contributed by atoms with Crippen LogP contribution >= 0.6 is 0 Å². The standard InChI is InChI=1S/C14H12N2O4/c17-13(18)4-3-10-6-11(8-15-7-10)14(19)16-9-12-2-1-5-20-12/h1-8H,9H2,(H,16,19)(H,17,18). The topological polar surface area (TPSA) is 92.4 Å². The highest BCUT2D eigenvalue weighted by molar-refractivity contribution is 5.94. The second-order valence-corrected chi connectivity index (χ2v) is 3.94. The maximum atomic E-state index is 11.9. The van der Waals surface area contributed by atoms with Crippen LogP contribution in [0.15, 0.2) is 47.3 Å². The SMILES string of the molecule is O=C(O)C=Cc1cncc(C(=O)NCc2ccco2)c1. The summed E-state index contributed by atoms with van der Waals surface area (Å²) in [6, 6.07) is 5.05. The number of pyridine rings is 1. The van der Waals surface area contributed by atoms with Crippen molar-refractivity contribution in [3.05, 3.63) is 59.8 Å². The number of hydrogen-bond acceptors (Lipinski definition) is 4. The molecule has 2 N–H and O–H groups in total. The molecule has 0 fully saturated rings. The fraction of sp³-hybridized carbons (Fsp3) is 0.0714. The Hall–Kier alpha value is -2.89. The molecule has 0 saturated heterocycles. The average molecular weight is 272 g/mol. The zero-order valence-electron chi connectivity index (χ0n) is 10.4. The number of rotatable bonds is 5. The Bertz CT molecular complexity index is 632. The normalized spacial score (nSPS) is 10.6. The van der Waals surface area contributed by atoms with Gasteiger partial charge < -0.3 is 14.8 Å². The maximum absolute atomic E-state index is 11.9. The van der Waals surface area contributed by atoms with Crippen LogP contribution in [-0.4, -0.2) is 22.0 Å². The van der Waals surface area contributed by atoms with Crippen LogP contribution in [0.2, 0.25) is 0 Å². The van der Waals surface area contributed by atoms with Gasteiger partial charge in [-0.05, 0) is 29.8 Å².